The van der Waals surface area contributed by atoms with Crippen LogP contribution in [0.4, 0.5) is 0 Å². The molecule has 1 unspecified atom stereocenters. The first-order valence-corrected chi connectivity index (χ1v) is 19.1. The average Bonchev–Trinajstić information content (AvgIpc) is 3.62. The maximum atomic E-state index is 13.8. The molecule has 1 saturated carbocycles. The summed E-state index contributed by atoms with van der Waals surface area (Å²) in [5.41, 5.74) is 0.0322. The number of carbonyl (C=O) groups excluding carboxylic acids is 7. The van der Waals surface area contributed by atoms with Gasteiger partial charge in [0.05, 0.1) is 25.4 Å². The molecule has 1 aliphatic carbocycles. The summed E-state index contributed by atoms with van der Waals surface area (Å²) in [4.78, 5) is 90.6. The van der Waals surface area contributed by atoms with Gasteiger partial charge in [0.15, 0.2) is 17.8 Å². The number of amides is 2. The molecule has 18 heteroatoms. The van der Waals surface area contributed by atoms with E-state index in [1.54, 1.807) is 20.0 Å². The van der Waals surface area contributed by atoms with Crippen LogP contribution in [0.1, 0.15) is 106 Å². The van der Waals surface area contributed by atoms with Crippen LogP contribution in [0.2, 0.25) is 0 Å². The van der Waals surface area contributed by atoms with Crippen LogP contribution >= 0.6 is 0 Å². The highest BCUT2D eigenvalue weighted by Gasteiger charge is 2.57. The number of rotatable bonds is 16. The molecule has 2 heterocycles. The maximum Gasteiger partial charge on any atom is 0.338 e. The van der Waals surface area contributed by atoms with Gasteiger partial charge < -0.3 is 39.1 Å². The van der Waals surface area contributed by atoms with E-state index in [-0.39, 0.29) is 30.9 Å². The van der Waals surface area contributed by atoms with Crippen molar-refractivity contribution in [3.8, 4) is 5.75 Å². The number of hydrogen-bond acceptors (Lipinski definition) is 15. The molecule has 0 radical (unpaired) electrons. The predicted octanol–water partition coefficient (Wildman–Crippen LogP) is 2.85. The number of hydrogen-bond donors (Lipinski definition) is 2. The molecule has 2 aliphatic rings. The molecular weight excluding hydrogens is 758 g/mol. The Labute approximate surface area is 336 Å². The largest absolute Gasteiger partial charge is 0.467 e. The molecule has 1 saturated heterocycles. The van der Waals surface area contributed by atoms with Gasteiger partial charge in [0, 0.05) is 58.2 Å². The second-order valence-corrected chi connectivity index (χ2v) is 14.6. The number of benzene rings is 1. The molecule has 18 nitrogen and oxygen atoms in total. The molecule has 2 amide bonds. The van der Waals surface area contributed by atoms with E-state index in [4.69, 9.17) is 28.4 Å². The highest BCUT2D eigenvalue weighted by atomic mass is 16.6. The van der Waals surface area contributed by atoms with Crippen molar-refractivity contribution in [2.45, 2.75) is 135 Å². The van der Waals surface area contributed by atoms with E-state index in [2.05, 4.69) is 27.5 Å². The first-order valence-electron chi connectivity index (χ1n) is 19.1. The number of methoxy groups -OCH3 is 1. The van der Waals surface area contributed by atoms with Crippen molar-refractivity contribution < 1.29 is 62.0 Å². The summed E-state index contributed by atoms with van der Waals surface area (Å²) in [6, 6.07) is 1.65. The normalized spacial score (nSPS) is 21.7. The molecule has 58 heavy (non-hydrogen) atoms. The van der Waals surface area contributed by atoms with Crippen molar-refractivity contribution in [1.82, 2.24) is 25.6 Å². The van der Waals surface area contributed by atoms with Crippen LogP contribution in [0.5, 0.6) is 5.75 Å². The highest BCUT2D eigenvalue weighted by Crippen LogP contribution is 2.38. The number of carbonyl (C=O) groups is 7. The summed E-state index contributed by atoms with van der Waals surface area (Å²) < 4.78 is 35.5. The van der Waals surface area contributed by atoms with Crippen LogP contribution in [-0.2, 0) is 59.0 Å². The quantitative estimate of drug-likeness (QED) is 0.107. The first kappa shape index (κ1) is 45.1. The highest BCUT2D eigenvalue weighted by molar-refractivity contribution is 5.95. The van der Waals surface area contributed by atoms with E-state index in [9.17, 15) is 33.6 Å². The summed E-state index contributed by atoms with van der Waals surface area (Å²) in [6.45, 7) is 10.8. The van der Waals surface area contributed by atoms with Gasteiger partial charge in [-0.25, -0.2) is 9.48 Å². The van der Waals surface area contributed by atoms with Crippen LogP contribution in [0, 0.1) is 13.8 Å². The lowest BCUT2D eigenvalue weighted by molar-refractivity contribution is -0.239. The monoisotopic (exact) mass is 811 g/mol. The number of aromatic nitrogens is 3. The molecule has 316 valence electrons. The number of nitrogens with zero attached hydrogens (tertiary/aromatic N) is 3. The molecule has 1 aromatic carbocycles. The molecule has 6 atom stereocenters. The molecule has 4 rings (SSSR count). The van der Waals surface area contributed by atoms with Crippen LogP contribution in [0.15, 0.2) is 31.0 Å². The summed E-state index contributed by atoms with van der Waals surface area (Å²) in [6.07, 6.45) is 1.74. The van der Waals surface area contributed by atoms with E-state index in [0.717, 1.165) is 65.7 Å². The lowest BCUT2D eigenvalue weighted by atomic mass is 9.81. The minimum absolute atomic E-state index is 0.168. The van der Waals surface area contributed by atoms with Crippen LogP contribution in [0.25, 0.3) is 0 Å². The van der Waals surface area contributed by atoms with Crippen molar-refractivity contribution >= 4 is 41.7 Å². The zero-order valence-electron chi connectivity index (χ0n) is 34.0. The van der Waals surface area contributed by atoms with Crippen LogP contribution in [-0.4, -0.2) is 106 Å². The van der Waals surface area contributed by atoms with Gasteiger partial charge in [-0.3, -0.25) is 28.8 Å². The molecular formula is C40H53N5O13. The maximum absolute atomic E-state index is 13.8. The van der Waals surface area contributed by atoms with Gasteiger partial charge in [0.1, 0.15) is 24.5 Å². The van der Waals surface area contributed by atoms with Gasteiger partial charge in [-0.1, -0.05) is 30.6 Å². The standard InChI is InChI=1S/C40H53N5O13/c1-9-15-40(39(52)53-8)18-31(54-24(4)46)34(42-33(50)21-45-20-30(43-44-45)28-13-11-10-12-14-28)37(58-40)36(57-27(7)49)32(55-25(5)47)19-41-38(51)29-16-22(2)35(23(3)17-29)56-26(6)48/h9,16-17,20,28,31-32,34,36-37H,1,10-15,18-19,21H2,2-8H3,(H,41,51)(H,42,50)/t31-,32+,34?,36+,37+,40+/m0/s1. The fourth-order valence-electron chi connectivity index (χ4n) is 7.61. The van der Waals surface area contributed by atoms with Crippen molar-refractivity contribution in [1.29, 1.82) is 0 Å². The van der Waals surface area contributed by atoms with Crippen molar-refractivity contribution in [2.24, 2.45) is 0 Å². The smallest absolute Gasteiger partial charge is 0.338 e. The number of ether oxygens (including phenoxy) is 6. The van der Waals surface area contributed by atoms with E-state index >= 15 is 0 Å². The third-order valence-corrected chi connectivity index (χ3v) is 9.95. The summed E-state index contributed by atoms with van der Waals surface area (Å²) in [7, 11) is 1.13. The molecule has 2 aromatic rings. The average molecular weight is 812 g/mol. The Kier molecular flexibility index (Phi) is 15.7. The number of nitrogens with one attached hydrogen (secondary N) is 2. The Morgan fingerprint density at radius 2 is 1.62 bits per heavy atom. The topological polar surface area (TPSA) is 230 Å². The van der Waals surface area contributed by atoms with Gasteiger partial charge >= 0.3 is 29.8 Å². The molecule has 2 N–H and O–H groups in total. The van der Waals surface area contributed by atoms with Gasteiger partial charge in [0.2, 0.25) is 5.91 Å². The third-order valence-electron chi connectivity index (χ3n) is 9.95. The summed E-state index contributed by atoms with van der Waals surface area (Å²) >= 11 is 0. The van der Waals surface area contributed by atoms with Gasteiger partial charge in [-0.15, -0.1) is 11.7 Å². The van der Waals surface area contributed by atoms with Gasteiger partial charge in [-0.2, -0.15) is 0 Å². The molecule has 2 fully saturated rings. The molecule has 1 aromatic heterocycles. The minimum atomic E-state index is -1.90. The fourth-order valence-corrected chi connectivity index (χ4v) is 7.61. The molecule has 1 aliphatic heterocycles. The second kappa shape index (κ2) is 20.2. The van der Waals surface area contributed by atoms with Gasteiger partial charge in [-0.05, 0) is 49.9 Å². The van der Waals surface area contributed by atoms with Crippen LogP contribution < -0.4 is 15.4 Å². The van der Waals surface area contributed by atoms with Crippen molar-refractivity contribution in [3.05, 3.63) is 53.4 Å². The van der Waals surface area contributed by atoms with E-state index in [0.29, 0.717) is 16.9 Å². The minimum Gasteiger partial charge on any atom is -0.467 e. The van der Waals surface area contributed by atoms with Crippen molar-refractivity contribution in [3.63, 3.8) is 0 Å². The third kappa shape index (κ3) is 11.7. The van der Waals surface area contributed by atoms with E-state index in [1.807, 2.05) is 0 Å². The van der Waals surface area contributed by atoms with E-state index < -0.39 is 84.3 Å². The molecule has 0 spiro atoms. The SMILES string of the molecule is C=CC[C@]1(C(=O)OC)C[C@H](OC(C)=O)C(NC(=O)Cn2cc(C3CCCCC3)nn2)[C@H]([C@H](OC(C)=O)[C@@H](CNC(=O)c2cc(C)c(OC(C)=O)c(C)c2)OC(C)=O)O1. The predicted molar refractivity (Wildman–Crippen MR) is 203 cm³/mol. The Bertz CT molecular complexity index is 1850. The second-order valence-electron chi connectivity index (χ2n) is 14.6. The Balaban J connectivity index is 1.74. The van der Waals surface area contributed by atoms with E-state index in [1.165, 1.54) is 29.8 Å². The Morgan fingerprint density at radius 1 is 0.966 bits per heavy atom. The summed E-state index contributed by atoms with van der Waals surface area (Å²) in [5.74, 6) is -4.67. The zero-order chi connectivity index (χ0) is 42.7. The lowest BCUT2D eigenvalue weighted by Gasteiger charge is -2.49. The van der Waals surface area contributed by atoms with Crippen molar-refractivity contribution in [2.75, 3.05) is 13.7 Å². The summed E-state index contributed by atoms with van der Waals surface area (Å²) in [5, 5.41) is 13.9. The lowest BCUT2D eigenvalue weighted by Crippen LogP contribution is -2.69. The zero-order valence-corrected chi connectivity index (χ0v) is 34.0. The fraction of sp³-hybridized carbons (Fsp3) is 0.575. The Hall–Kier alpha value is -5.65. The van der Waals surface area contributed by atoms with Crippen LogP contribution in [0.3, 0.4) is 0 Å². The van der Waals surface area contributed by atoms with Gasteiger partial charge in [0.25, 0.3) is 5.91 Å². The first-order chi connectivity index (χ1) is 27.5. The Morgan fingerprint density at radius 3 is 2.19 bits per heavy atom. The molecule has 0 bridgehead atoms. The number of aryl methyl sites for hydroxylation is 2. The number of esters is 5.